The maximum Gasteiger partial charge on any atom is 0.123 e. The number of rotatable bonds is 4. The summed E-state index contributed by atoms with van der Waals surface area (Å²) in [7, 11) is 0. The zero-order chi connectivity index (χ0) is 15.6. The Morgan fingerprint density at radius 2 is 1.65 bits per heavy atom. The molecule has 1 rings (SSSR count). The van der Waals surface area contributed by atoms with Crippen LogP contribution in [0.5, 0.6) is 5.75 Å². The first kappa shape index (κ1) is 17.0. The third kappa shape index (κ3) is 4.52. The van der Waals surface area contributed by atoms with Crippen LogP contribution in [0.15, 0.2) is 18.2 Å². The van der Waals surface area contributed by atoms with Crippen molar-refractivity contribution in [3.63, 3.8) is 0 Å². The topological polar surface area (TPSA) is 35.2 Å². The van der Waals surface area contributed by atoms with Gasteiger partial charge in [0.05, 0.1) is 0 Å². The Morgan fingerprint density at radius 1 is 1.05 bits per heavy atom. The lowest BCUT2D eigenvalue weighted by Crippen LogP contribution is -2.27. The zero-order valence-corrected chi connectivity index (χ0v) is 14.2. The molecule has 2 nitrogen and oxygen atoms in total. The van der Waals surface area contributed by atoms with E-state index in [1.165, 1.54) is 11.1 Å². The maximum atomic E-state index is 5.96. The number of ether oxygens (including phenoxy) is 1. The lowest BCUT2D eigenvalue weighted by Gasteiger charge is -2.27. The first-order chi connectivity index (χ1) is 9.05. The molecule has 0 aliphatic rings. The highest BCUT2D eigenvalue weighted by molar-refractivity contribution is 5.43. The Morgan fingerprint density at radius 3 is 2.10 bits per heavy atom. The summed E-state index contributed by atoms with van der Waals surface area (Å²) in [6.45, 7) is 16.0. The van der Waals surface area contributed by atoms with Gasteiger partial charge in [-0.3, -0.25) is 0 Å². The highest BCUT2D eigenvalue weighted by Gasteiger charge is 2.23. The third-order valence-corrected chi connectivity index (χ3v) is 3.63. The number of hydrogen-bond donors (Lipinski definition) is 1. The third-order valence-electron chi connectivity index (χ3n) is 3.63. The molecule has 0 aliphatic heterocycles. The molecule has 1 unspecified atom stereocenters. The molecule has 0 saturated heterocycles. The summed E-state index contributed by atoms with van der Waals surface area (Å²) < 4.78 is 5.96. The van der Waals surface area contributed by atoms with Crippen molar-refractivity contribution in [2.45, 2.75) is 71.8 Å². The van der Waals surface area contributed by atoms with Crippen LogP contribution >= 0.6 is 0 Å². The smallest absolute Gasteiger partial charge is 0.123 e. The van der Waals surface area contributed by atoms with E-state index in [2.05, 4.69) is 66.7 Å². The second-order valence-electron chi connectivity index (χ2n) is 7.69. The first-order valence-electron chi connectivity index (χ1n) is 7.59. The average molecular weight is 277 g/mol. The molecule has 114 valence electrons. The number of benzene rings is 1. The van der Waals surface area contributed by atoms with E-state index in [1.807, 2.05) is 0 Å². The second kappa shape index (κ2) is 6.17. The summed E-state index contributed by atoms with van der Waals surface area (Å²) in [5.74, 6) is 0.967. The van der Waals surface area contributed by atoms with Gasteiger partial charge in [-0.2, -0.15) is 0 Å². The molecule has 0 radical (unpaired) electrons. The molecular weight excluding hydrogens is 246 g/mol. The summed E-state index contributed by atoms with van der Waals surface area (Å²) in [6, 6.07) is 6.66. The van der Waals surface area contributed by atoms with Gasteiger partial charge in [0.25, 0.3) is 0 Å². The molecule has 1 aromatic rings. The molecule has 0 fully saturated rings. The van der Waals surface area contributed by atoms with Gasteiger partial charge in [0.1, 0.15) is 12.4 Å². The molecule has 0 bridgehead atoms. The minimum atomic E-state index is 0.0624. The molecule has 2 N–H and O–H groups in total. The van der Waals surface area contributed by atoms with Gasteiger partial charge in [-0.05, 0) is 34.4 Å². The van der Waals surface area contributed by atoms with Crippen LogP contribution in [0.25, 0.3) is 0 Å². The molecule has 0 spiro atoms. The Hall–Kier alpha value is -1.02. The summed E-state index contributed by atoms with van der Waals surface area (Å²) in [6.07, 6.45) is 0.935. The van der Waals surface area contributed by atoms with Gasteiger partial charge in [0.2, 0.25) is 0 Å². The largest absolute Gasteiger partial charge is 0.492 e. The summed E-state index contributed by atoms with van der Waals surface area (Å²) >= 11 is 0. The van der Waals surface area contributed by atoms with Crippen molar-refractivity contribution in [1.82, 2.24) is 0 Å². The predicted octanol–water partition coefficient (Wildman–Crippen LogP) is 4.40. The van der Waals surface area contributed by atoms with Gasteiger partial charge in [0, 0.05) is 6.04 Å². The fourth-order valence-electron chi connectivity index (χ4n) is 2.02. The van der Waals surface area contributed by atoms with E-state index < -0.39 is 0 Å². The number of hydrogen-bond acceptors (Lipinski definition) is 2. The highest BCUT2D eigenvalue weighted by atomic mass is 16.5. The molecule has 1 atom stereocenters. The Labute approximate surface area is 124 Å². The predicted molar refractivity (Wildman–Crippen MR) is 87.6 cm³/mol. The molecule has 1 aromatic carbocycles. The quantitative estimate of drug-likeness (QED) is 0.885. The number of nitrogens with two attached hydrogens (primary N) is 1. The van der Waals surface area contributed by atoms with E-state index in [-0.39, 0.29) is 16.9 Å². The Bertz CT molecular complexity index is 438. The van der Waals surface area contributed by atoms with Crippen molar-refractivity contribution in [2.24, 2.45) is 5.73 Å². The van der Waals surface area contributed by atoms with Crippen LogP contribution in [0.1, 0.15) is 66.0 Å². The van der Waals surface area contributed by atoms with Crippen LogP contribution in [0.3, 0.4) is 0 Å². The van der Waals surface area contributed by atoms with Crippen molar-refractivity contribution in [3.8, 4) is 5.75 Å². The Kier molecular flexibility index (Phi) is 5.26. The standard InChI is InChI=1S/C18H31NO/c1-8-14(19)12-20-16-10-9-13(17(2,3)4)11-15(16)18(5,6)7/h9-11,14H,8,12,19H2,1-7H3. The minimum Gasteiger partial charge on any atom is -0.492 e. The van der Waals surface area contributed by atoms with Gasteiger partial charge in [-0.15, -0.1) is 0 Å². The van der Waals surface area contributed by atoms with Crippen molar-refractivity contribution in [2.75, 3.05) is 6.61 Å². The van der Waals surface area contributed by atoms with Gasteiger partial charge < -0.3 is 10.5 Å². The molecular formula is C18H31NO. The maximum absolute atomic E-state index is 5.96. The molecule has 0 heterocycles. The van der Waals surface area contributed by atoms with Crippen molar-refractivity contribution in [3.05, 3.63) is 29.3 Å². The molecule has 0 aromatic heterocycles. The van der Waals surface area contributed by atoms with Crippen LogP contribution < -0.4 is 10.5 Å². The van der Waals surface area contributed by atoms with E-state index in [9.17, 15) is 0 Å². The van der Waals surface area contributed by atoms with E-state index in [0.717, 1.165) is 12.2 Å². The molecule has 0 aliphatic carbocycles. The average Bonchev–Trinajstić information content (AvgIpc) is 2.33. The fraction of sp³-hybridized carbons (Fsp3) is 0.667. The van der Waals surface area contributed by atoms with Gasteiger partial charge in [-0.1, -0.05) is 60.6 Å². The fourth-order valence-corrected chi connectivity index (χ4v) is 2.02. The van der Waals surface area contributed by atoms with Crippen LogP contribution in [0.2, 0.25) is 0 Å². The summed E-state index contributed by atoms with van der Waals surface area (Å²) in [4.78, 5) is 0. The van der Waals surface area contributed by atoms with Gasteiger partial charge in [-0.25, -0.2) is 0 Å². The van der Waals surface area contributed by atoms with E-state index in [0.29, 0.717) is 6.61 Å². The Balaban J connectivity index is 3.12. The van der Waals surface area contributed by atoms with Crippen LogP contribution in [0.4, 0.5) is 0 Å². The van der Waals surface area contributed by atoms with Crippen molar-refractivity contribution < 1.29 is 4.74 Å². The minimum absolute atomic E-state index is 0.0624. The highest BCUT2D eigenvalue weighted by Crippen LogP contribution is 2.35. The van der Waals surface area contributed by atoms with Gasteiger partial charge in [0.15, 0.2) is 0 Å². The van der Waals surface area contributed by atoms with E-state index in [4.69, 9.17) is 10.5 Å². The van der Waals surface area contributed by atoms with Crippen LogP contribution in [-0.2, 0) is 10.8 Å². The molecule has 0 amide bonds. The summed E-state index contributed by atoms with van der Waals surface area (Å²) in [5.41, 5.74) is 8.77. The normalized spacial score (nSPS) is 14.2. The molecule has 2 heteroatoms. The van der Waals surface area contributed by atoms with Gasteiger partial charge >= 0.3 is 0 Å². The lowest BCUT2D eigenvalue weighted by molar-refractivity contribution is 0.278. The van der Waals surface area contributed by atoms with Crippen LogP contribution in [0, 0.1) is 0 Å². The van der Waals surface area contributed by atoms with Crippen molar-refractivity contribution >= 4 is 0 Å². The van der Waals surface area contributed by atoms with Crippen LogP contribution in [-0.4, -0.2) is 12.6 Å². The van der Waals surface area contributed by atoms with E-state index >= 15 is 0 Å². The first-order valence-corrected chi connectivity index (χ1v) is 7.59. The van der Waals surface area contributed by atoms with E-state index in [1.54, 1.807) is 0 Å². The second-order valence-corrected chi connectivity index (χ2v) is 7.69. The summed E-state index contributed by atoms with van der Waals surface area (Å²) in [5, 5.41) is 0. The zero-order valence-electron chi connectivity index (χ0n) is 14.2. The lowest BCUT2D eigenvalue weighted by atomic mass is 9.80. The molecule has 20 heavy (non-hydrogen) atoms. The SMILES string of the molecule is CCC(N)COc1ccc(C(C)(C)C)cc1C(C)(C)C. The van der Waals surface area contributed by atoms with Crippen molar-refractivity contribution in [1.29, 1.82) is 0 Å². The monoisotopic (exact) mass is 277 g/mol. The molecule has 0 saturated carbocycles.